The molecule has 1 aliphatic heterocycles. The third-order valence-electron chi connectivity index (χ3n) is 2.60. The second kappa shape index (κ2) is 4.24. The Kier molecular flexibility index (Phi) is 2.99. The van der Waals surface area contributed by atoms with Gasteiger partial charge in [-0.2, -0.15) is 0 Å². The molecule has 2 nitrogen and oxygen atoms in total. The van der Waals surface area contributed by atoms with Gasteiger partial charge in [0.1, 0.15) is 11.3 Å². The summed E-state index contributed by atoms with van der Waals surface area (Å²) in [5.41, 5.74) is 0.836. The molecule has 0 amide bonds. The highest BCUT2D eigenvalue weighted by molar-refractivity contribution is 6.30. The van der Waals surface area contributed by atoms with Crippen LogP contribution in [0.1, 0.15) is 17.9 Å². The molecule has 1 aliphatic rings. The number of pyridine rings is 1. The van der Waals surface area contributed by atoms with Crippen LogP contribution in [0, 0.1) is 0 Å². The molecule has 1 aromatic rings. The van der Waals surface area contributed by atoms with Gasteiger partial charge in [-0.25, -0.2) is 9.37 Å². The quantitative estimate of drug-likeness (QED) is 0.725. The summed E-state index contributed by atoms with van der Waals surface area (Å²) < 4.78 is 13.6. The van der Waals surface area contributed by atoms with Gasteiger partial charge in [-0.05, 0) is 24.6 Å². The summed E-state index contributed by atoms with van der Waals surface area (Å²) in [6.07, 6.45) is 1.55. The van der Waals surface area contributed by atoms with Crippen LogP contribution >= 0.6 is 11.6 Å². The third kappa shape index (κ3) is 1.88. The molecule has 1 N–H and O–H groups in total. The standard InChI is InChI=1S/C10H12ClFN2/c11-10-8(2-1-4-14-10)7-3-5-13-6-9(7)12/h1-2,4,7,9,13H,3,5-6H2. The van der Waals surface area contributed by atoms with Gasteiger partial charge >= 0.3 is 0 Å². The maximum absolute atomic E-state index is 13.6. The zero-order chi connectivity index (χ0) is 9.97. The first-order chi connectivity index (χ1) is 6.79. The van der Waals surface area contributed by atoms with E-state index in [0.29, 0.717) is 11.7 Å². The van der Waals surface area contributed by atoms with Crippen LogP contribution in [0.4, 0.5) is 4.39 Å². The summed E-state index contributed by atoms with van der Waals surface area (Å²) in [5, 5.41) is 3.45. The third-order valence-corrected chi connectivity index (χ3v) is 2.91. The first-order valence-corrected chi connectivity index (χ1v) is 5.12. The summed E-state index contributed by atoms with van der Waals surface area (Å²) in [4.78, 5) is 3.97. The molecule has 1 saturated heterocycles. The van der Waals surface area contributed by atoms with E-state index in [1.165, 1.54) is 0 Å². The first kappa shape index (κ1) is 9.87. The van der Waals surface area contributed by atoms with E-state index in [9.17, 15) is 4.39 Å². The second-order valence-electron chi connectivity index (χ2n) is 3.50. The molecule has 2 unspecified atom stereocenters. The summed E-state index contributed by atoms with van der Waals surface area (Å²) >= 11 is 5.92. The predicted molar refractivity (Wildman–Crippen MR) is 54.4 cm³/mol. The van der Waals surface area contributed by atoms with Crippen molar-refractivity contribution in [1.29, 1.82) is 0 Å². The van der Waals surface area contributed by atoms with E-state index in [-0.39, 0.29) is 5.92 Å². The molecule has 0 aliphatic carbocycles. The van der Waals surface area contributed by atoms with Gasteiger partial charge in [0.15, 0.2) is 0 Å². The van der Waals surface area contributed by atoms with E-state index in [1.807, 2.05) is 6.07 Å². The molecule has 2 atom stereocenters. The van der Waals surface area contributed by atoms with Crippen molar-refractivity contribution in [3.05, 3.63) is 29.0 Å². The van der Waals surface area contributed by atoms with Crippen molar-refractivity contribution < 1.29 is 4.39 Å². The normalized spacial score (nSPS) is 27.6. The van der Waals surface area contributed by atoms with Crippen molar-refractivity contribution in [2.24, 2.45) is 0 Å². The lowest BCUT2D eigenvalue weighted by molar-refractivity contribution is 0.231. The Morgan fingerprint density at radius 1 is 1.57 bits per heavy atom. The lowest BCUT2D eigenvalue weighted by atomic mass is 9.90. The fourth-order valence-corrected chi connectivity index (χ4v) is 2.11. The number of rotatable bonds is 1. The Balaban J connectivity index is 2.25. The number of nitrogens with zero attached hydrogens (tertiary/aromatic N) is 1. The zero-order valence-electron chi connectivity index (χ0n) is 7.71. The molecule has 0 saturated carbocycles. The summed E-state index contributed by atoms with van der Waals surface area (Å²) in [7, 11) is 0. The van der Waals surface area contributed by atoms with E-state index < -0.39 is 6.17 Å². The van der Waals surface area contributed by atoms with Crippen molar-refractivity contribution in [1.82, 2.24) is 10.3 Å². The SMILES string of the molecule is FC1CNCCC1c1cccnc1Cl. The van der Waals surface area contributed by atoms with Gasteiger partial charge in [0.05, 0.1) is 0 Å². The maximum atomic E-state index is 13.6. The Hall–Kier alpha value is -0.670. The van der Waals surface area contributed by atoms with Gasteiger partial charge in [-0.1, -0.05) is 17.7 Å². The fourth-order valence-electron chi connectivity index (χ4n) is 1.85. The summed E-state index contributed by atoms with van der Waals surface area (Å²) in [5.74, 6) is -0.0996. The maximum Gasteiger partial charge on any atom is 0.132 e. The largest absolute Gasteiger partial charge is 0.314 e. The fraction of sp³-hybridized carbons (Fsp3) is 0.500. The molecule has 0 radical (unpaired) electrons. The summed E-state index contributed by atoms with van der Waals surface area (Å²) in [6.45, 7) is 1.26. The van der Waals surface area contributed by atoms with Gasteiger partial charge in [0.2, 0.25) is 0 Å². The number of aromatic nitrogens is 1. The number of hydrogen-bond acceptors (Lipinski definition) is 2. The molecule has 2 heterocycles. The Labute approximate surface area is 87.5 Å². The van der Waals surface area contributed by atoms with E-state index in [0.717, 1.165) is 18.5 Å². The van der Waals surface area contributed by atoms with E-state index >= 15 is 0 Å². The molecular weight excluding hydrogens is 203 g/mol. The first-order valence-electron chi connectivity index (χ1n) is 4.74. The van der Waals surface area contributed by atoms with E-state index in [4.69, 9.17) is 11.6 Å². The Bertz CT molecular complexity index is 319. The lowest BCUT2D eigenvalue weighted by Gasteiger charge is -2.27. The smallest absolute Gasteiger partial charge is 0.132 e. The number of halogens is 2. The number of nitrogens with one attached hydrogen (secondary N) is 1. The van der Waals surface area contributed by atoms with Crippen LogP contribution in [0.2, 0.25) is 5.15 Å². The van der Waals surface area contributed by atoms with E-state index in [2.05, 4.69) is 10.3 Å². The van der Waals surface area contributed by atoms with Crippen LogP contribution in [-0.2, 0) is 0 Å². The minimum absolute atomic E-state index is 0.0996. The molecule has 0 aromatic carbocycles. The minimum atomic E-state index is -0.856. The van der Waals surface area contributed by atoms with Gasteiger partial charge in [0, 0.05) is 18.7 Å². The second-order valence-corrected chi connectivity index (χ2v) is 3.86. The lowest BCUT2D eigenvalue weighted by Crippen LogP contribution is -2.36. The zero-order valence-corrected chi connectivity index (χ0v) is 8.47. The van der Waals surface area contributed by atoms with Crippen molar-refractivity contribution in [3.63, 3.8) is 0 Å². The Morgan fingerprint density at radius 3 is 3.14 bits per heavy atom. The molecule has 1 aromatic heterocycles. The van der Waals surface area contributed by atoms with Crippen LogP contribution in [0.3, 0.4) is 0 Å². The molecule has 14 heavy (non-hydrogen) atoms. The predicted octanol–water partition coefficient (Wildman–Crippen LogP) is 2.15. The van der Waals surface area contributed by atoms with Gasteiger partial charge < -0.3 is 5.32 Å². The molecule has 0 spiro atoms. The van der Waals surface area contributed by atoms with Crippen LogP contribution in [0.5, 0.6) is 0 Å². The van der Waals surface area contributed by atoms with Gasteiger partial charge in [-0.15, -0.1) is 0 Å². The van der Waals surface area contributed by atoms with Gasteiger partial charge in [0.25, 0.3) is 0 Å². The van der Waals surface area contributed by atoms with Crippen molar-refractivity contribution in [2.45, 2.75) is 18.5 Å². The van der Waals surface area contributed by atoms with Crippen molar-refractivity contribution in [2.75, 3.05) is 13.1 Å². The molecule has 4 heteroatoms. The number of alkyl halides is 1. The average molecular weight is 215 g/mol. The number of hydrogen-bond donors (Lipinski definition) is 1. The van der Waals surface area contributed by atoms with Crippen LogP contribution in [0.15, 0.2) is 18.3 Å². The number of piperidine rings is 1. The van der Waals surface area contributed by atoms with Crippen LogP contribution < -0.4 is 5.32 Å². The molecule has 0 bridgehead atoms. The van der Waals surface area contributed by atoms with Crippen LogP contribution in [-0.4, -0.2) is 24.2 Å². The highest BCUT2D eigenvalue weighted by atomic mass is 35.5. The van der Waals surface area contributed by atoms with Crippen molar-refractivity contribution >= 4 is 11.6 Å². The minimum Gasteiger partial charge on any atom is -0.314 e. The Morgan fingerprint density at radius 2 is 2.43 bits per heavy atom. The van der Waals surface area contributed by atoms with Crippen molar-refractivity contribution in [3.8, 4) is 0 Å². The monoisotopic (exact) mass is 214 g/mol. The average Bonchev–Trinajstić information content (AvgIpc) is 2.20. The summed E-state index contributed by atoms with van der Waals surface area (Å²) in [6, 6.07) is 3.66. The molecular formula is C10H12ClFN2. The molecule has 76 valence electrons. The molecule has 1 fully saturated rings. The highest BCUT2D eigenvalue weighted by Crippen LogP contribution is 2.31. The van der Waals surface area contributed by atoms with E-state index in [1.54, 1.807) is 12.3 Å². The topological polar surface area (TPSA) is 24.9 Å². The molecule has 2 rings (SSSR count). The van der Waals surface area contributed by atoms with Crippen LogP contribution in [0.25, 0.3) is 0 Å². The van der Waals surface area contributed by atoms with Gasteiger partial charge in [-0.3, -0.25) is 0 Å². The highest BCUT2D eigenvalue weighted by Gasteiger charge is 2.27.